The van der Waals surface area contributed by atoms with Crippen molar-refractivity contribution in [2.45, 2.75) is 25.4 Å². The fourth-order valence-corrected chi connectivity index (χ4v) is 2.29. The molecule has 0 amide bonds. The van der Waals surface area contributed by atoms with Crippen molar-refractivity contribution in [3.63, 3.8) is 0 Å². The van der Waals surface area contributed by atoms with Gasteiger partial charge in [0.2, 0.25) is 0 Å². The van der Waals surface area contributed by atoms with E-state index in [0.717, 1.165) is 6.54 Å². The molecule has 0 unspecified atom stereocenters. The van der Waals surface area contributed by atoms with Gasteiger partial charge in [-0.05, 0) is 38.8 Å². The molecular formula is C8H15NO. The fourth-order valence-electron chi connectivity index (χ4n) is 2.29. The topological polar surface area (TPSA) is 23.5 Å². The first-order valence-electron chi connectivity index (χ1n) is 4.13. The predicted molar refractivity (Wildman–Crippen MR) is 39.8 cm³/mol. The van der Waals surface area contributed by atoms with Gasteiger partial charge in [-0.15, -0.1) is 0 Å². The molecule has 3 heterocycles. The van der Waals surface area contributed by atoms with E-state index in [0.29, 0.717) is 5.92 Å². The number of rotatable bonds is 0. The molecule has 0 aromatic rings. The number of hydrogen-bond donors (Lipinski definition) is 1. The molecule has 2 nitrogen and oxygen atoms in total. The quantitative estimate of drug-likeness (QED) is 0.530. The van der Waals surface area contributed by atoms with Gasteiger partial charge < -0.3 is 10.0 Å². The van der Waals surface area contributed by atoms with E-state index in [2.05, 4.69) is 4.90 Å². The Hall–Kier alpha value is -0.0800. The molecule has 58 valence electrons. The van der Waals surface area contributed by atoms with E-state index >= 15 is 0 Å². The van der Waals surface area contributed by atoms with Crippen LogP contribution in [0.15, 0.2) is 0 Å². The van der Waals surface area contributed by atoms with E-state index in [9.17, 15) is 5.11 Å². The molecule has 3 aliphatic rings. The molecule has 10 heavy (non-hydrogen) atoms. The molecule has 0 aliphatic carbocycles. The molecule has 1 atom stereocenters. The molecule has 0 saturated carbocycles. The van der Waals surface area contributed by atoms with Gasteiger partial charge in [-0.3, -0.25) is 0 Å². The van der Waals surface area contributed by atoms with Crippen molar-refractivity contribution in [3.05, 3.63) is 0 Å². The van der Waals surface area contributed by atoms with Crippen molar-refractivity contribution in [2.24, 2.45) is 5.92 Å². The molecule has 1 N–H and O–H groups in total. The minimum atomic E-state index is -0.378. The smallest absolute Gasteiger partial charge is 0.0775 e. The number of hydrogen-bond acceptors (Lipinski definition) is 2. The van der Waals surface area contributed by atoms with Crippen LogP contribution in [0.5, 0.6) is 0 Å². The van der Waals surface area contributed by atoms with Gasteiger partial charge in [0.05, 0.1) is 5.60 Å². The molecule has 0 spiro atoms. The second-order valence-corrected chi connectivity index (χ2v) is 3.91. The maximum Gasteiger partial charge on any atom is 0.0775 e. The summed E-state index contributed by atoms with van der Waals surface area (Å²) in [4.78, 5) is 2.36. The molecule has 3 rings (SSSR count). The summed E-state index contributed by atoms with van der Waals surface area (Å²) in [6.07, 6.45) is 2.40. The number of piperidine rings is 3. The zero-order chi connectivity index (χ0) is 7.19. The van der Waals surface area contributed by atoms with Crippen LogP contribution in [0.3, 0.4) is 0 Å². The number of aliphatic hydroxyl groups is 1. The molecule has 0 aromatic carbocycles. The van der Waals surface area contributed by atoms with Gasteiger partial charge in [0.15, 0.2) is 0 Å². The third kappa shape index (κ3) is 0.867. The Labute approximate surface area is 61.8 Å². The SMILES string of the molecule is C[C@]1(O)CN2CCC1CC2. The van der Waals surface area contributed by atoms with Crippen molar-refractivity contribution >= 4 is 0 Å². The maximum atomic E-state index is 9.82. The lowest BCUT2D eigenvalue weighted by Gasteiger charge is -2.48. The Bertz CT molecular complexity index is 136. The zero-order valence-electron chi connectivity index (χ0n) is 6.51. The summed E-state index contributed by atoms with van der Waals surface area (Å²) in [5, 5.41) is 9.82. The predicted octanol–water partition coefficient (Wildman–Crippen LogP) is 0.463. The third-order valence-electron chi connectivity index (χ3n) is 3.01. The summed E-state index contributed by atoms with van der Waals surface area (Å²) < 4.78 is 0. The van der Waals surface area contributed by atoms with E-state index < -0.39 is 0 Å². The van der Waals surface area contributed by atoms with E-state index in [1.807, 2.05) is 6.92 Å². The molecular weight excluding hydrogens is 126 g/mol. The van der Waals surface area contributed by atoms with Crippen LogP contribution in [-0.4, -0.2) is 35.2 Å². The van der Waals surface area contributed by atoms with Crippen LogP contribution in [0.4, 0.5) is 0 Å². The highest BCUT2D eigenvalue weighted by Gasteiger charge is 2.41. The molecule has 2 bridgehead atoms. The van der Waals surface area contributed by atoms with Crippen LogP contribution in [0.1, 0.15) is 19.8 Å². The summed E-state index contributed by atoms with van der Waals surface area (Å²) in [7, 11) is 0. The first kappa shape index (κ1) is 6.62. The molecule has 3 saturated heterocycles. The van der Waals surface area contributed by atoms with Crippen LogP contribution in [0.25, 0.3) is 0 Å². The lowest BCUT2D eigenvalue weighted by Crippen LogP contribution is -2.57. The normalized spacial score (nSPS) is 53.4. The van der Waals surface area contributed by atoms with E-state index in [4.69, 9.17) is 0 Å². The van der Waals surface area contributed by atoms with Crippen molar-refractivity contribution in [1.29, 1.82) is 0 Å². The highest BCUT2D eigenvalue weighted by molar-refractivity contribution is 4.94. The molecule has 3 aliphatic heterocycles. The van der Waals surface area contributed by atoms with E-state index in [-0.39, 0.29) is 5.60 Å². The van der Waals surface area contributed by atoms with Crippen LogP contribution >= 0.6 is 0 Å². The first-order chi connectivity index (χ1) is 4.68. The van der Waals surface area contributed by atoms with E-state index in [1.165, 1.54) is 25.9 Å². The first-order valence-corrected chi connectivity index (χ1v) is 4.13. The lowest BCUT2D eigenvalue weighted by molar-refractivity contribution is -0.0983. The van der Waals surface area contributed by atoms with Gasteiger partial charge in [-0.1, -0.05) is 0 Å². The number of fused-ring (bicyclic) bond motifs is 3. The van der Waals surface area contributed by atoms with Crippen molar-refractivity contribution in [2.75, 3.05) is 19.6 Å². The second-order valence-electron chi connectivity index (χ2n) is 3.91. The third-order valence-corrected chi connectivity index (χ3v) is 3.01. The molecule has 0 aromatic heterocycles. The van der Waals surface area contributed by atoms with Gasteiger partial charge in [-0.25, -0.2) is 0 Å². The van der Waals surface area contributed by atoms with Crippen molar-refractivity contribution in [1.82, 2.24) is 4.90 Å². The van der Waals surface area contributed by atoms with Crippen LogP contribution < -0.4 is 0 Å². The van der Waals surface area contributed by atoms with Crippen molar-refractivity contribution in [3.8, 4) is 0 Å². The summed E-state index contributed by atoms with van der Waals surface area (Å²) >= 11 is 0. The molecule has 0 radical (unpaired) electrons. The second kappa shape index (κ2) is 1.95. The Morgan fingerprint density at radius 2 is 2.00 bits per heavy atom. The minimum absolute atomic E-state index is 0.378. The highest BCUT2D eigenvalue weighted by atomic mass is 16.3. The Morgan fingerprint density at radius 1 is 1.40 bits per heavy atom. The Morgan fingerprint density at radius 3 is 2.20 bits per heavy atom. The molecule has 3 fully saturated rings. The number of nitrogens with zero attached hydrogens (tertiary/aromatic N) is 1. The monoisotopic (exact) mass is 141 g/mol. The minimum Gasteiger partial charge on any atom is -0.389 e. The van der Waals surface area contributed by atoms with Crippen LogP contribution in [0.2, 0.25) is 0 Å². The summed E-state index contributed by atoms with van der Waals surface area (Å²) in [5.41, 5.74) is -0.378. The average Bonchev–Trinajstić information content (AvgIpc) is 1.87. The lowest BCUT2D eigenvalue weighted by atomic mass is 9.77. The van der Waals surface area contributed by atoms with Gasteiger partial charge in [-0.2, -0.15) is 0 Å². The van der Waals surface area contributed by atoms with Gasteiger partial charge in [0, 0.05) is 6.54 Å². The molecule has 2 heteroatoms. The average molecular weight is 141 g/mol. The van der Waals surface area contributed by atoms with Gasteiger partial charge in [0.25, 0.3) is 0 Å². The Balaban J connectivity index is 2.15. The summed E-state index contributed by atoms with van der Waals surface area (Å²) in [6, 6.07) is 0. The summed E-state index contributed by atoms with van der Waals surface area (Å²) in [5.74, 6) is 0.581. The van der Waals surface area contributed by atoms with E-state index in [1.54, 1.807) is 0 Å². The van der Waals surface area contributed by atoms with Crippen LogP contribution in [-0.2, 0) is 0 Å². The highest BCUT2D eigenvalue weighted by Crippen LogP contribution is 2.34. The maximum absolute atomic E-state index is 9.82. The fraction of sp³-hybridized carbons (Fsp3) is 1.00. The summed E-state index contributed by atoms with van der Waals surface area (Å²) in [6.45, 7) is 5.29. The van der Waals surface area contributed by atoms with Gasteiger partial charge in [0.1, 0.15) is 0 Å². The van der Waals surface area contributed by atoms with Crippen LogP contribution in [0, 0.1) is 5.92 Å². The Kier molecular flexibility index (Phi) is 1.29. The zero-order valence-corrected chi connectivity index (χ0v) is 6.51. The standard InChI is InChI=1S/C8H15NO/c1-8(10)6-9-4-2-7(8)3-5-9/h7,10H,2-6H2,1H3/t8-/m0/s1. The van der Waals surface area contributed by atoms with Crippen molar-refractivity contribution < 1.29 is 5.11 Å². The largest absolute Gasteiger partial charge is 0.389 e. The van der Waals surface area contributed by atoms with Gasteiger partial charge >= 0.3 is 0 Å².